The van der Waals surface area contributed by atoms with Crippen LogP contribution in [0, 0.1) is 24.2 Å². The number of methoxy groups -OCH3 is 1. The van der Waals surface area contributed by atoms with E-state index in [0.29, 0.717) is 16.3 Å². The number of amides is 2. The number of carbonyl (C=O) groups excluding carboxylic acids is 4. The molecule has 0 aliphatic carbocycles. The first kappa shape index (κ1) is 36.9. The third-order valence-electron chi connectivity index (χ3n) is 8.65. The lowest BCUT2D eigenvalue weighted by atomic mass is 9.92. The smallest absolute Gasteiger partial charge is 0.347 e. The van der Waals surface area contributed by atoms with Gasteiger partial charge in [-0.15, -0.1) is 0 Å². The fourth-order valence-electron chi connectivity index (χ4n) is 5.67. The molecule has 2 N–H and O–H groups in total. The summed E-state index contributed by atoms with van der Waals surface area (Å²) in [6.45, 7) is 11.0. The zero-order valence-electron chi connectivity index (χ0n) is 28.7. The van der Waals surface area contributed by atoms with Crippen molar-refractivity contribution in [2.75, 3.05) is 13.7 Å². The average Bonchev–Trinajstić information content (AvgIpc) is 3.83. The van der Waals surface area contributed by atoms with Crippen molar-refractivity contribution in [1.29, 1.82) is 0 Å². The molecule has 10 nitrogen and oxygen atoms in total. The van der Waals surface area contributed by atoms with Crippen molar-refractivity contribution in [2.45, 2.75) is 91.3 Å². The molecular weight excluding hydrogens is 636 g/mol. The molecule has 0 aromatic heterocycles. The minimum absolute atomic E-state index is 0.0212. The summed E-state index contributed by atoms with van der Waals surface area (Å²) in [6, 6.07) is 12.2. The summed E-state index contributed by atoms with van der Waals surface area (Å²) in [5.74, 6) is -2.06. The molecule has 48 heavy (non-hydrogen) atoms. The van der Waals surface area contributed by atoms with Crippen LogP contribution >= 0.6 is 11.6 Å². The third kappa shape index (κ3) is 9.82. The number of epoxide rings is 1. The second kappa shape index (κ2) is 16.0. The summed E-state index contributed by atoms with van der Waals surface area (Å²) in [5, 5.41) is 5.92. The number of ether oxygens (including phenoxy) is 4. The molecule has 2 heterocycles. The van der Waals surface area contributed by atoms with Crippen LogP contribution in [0.2, 0.25) is 5.02 Å². The Labute approximate surface area is 287 Å². The van der Waals surface area contributed by atoms with Crippen molar-refractivity contribution in [3.8, 4) is 5.75 Å². The zero-order valence-corrected chi connectivity index (χ0v) is 29.5. The number of nitrogens with one attached hydrogen (secondary N) is 2. The number of cyclic esters (lactones) is 2. The van der Waals surface area contributed by atoms with E-state index in [2.05, 4.69) is 16.7 Å². The predicted molar refractivity (Wildman–Crippen MR) is 181 cm³/mol. The van der Waals surface area contributed by atoms with E-state index in [4.69, 9.17) is 30.5 Å². The first-order valence-corrected chi connectivity index (χ1v) is 16.8. The number of halogens is 1. The van der Waals surface area contributed by atoms with Crippen LogP contribution in [-0.2, 0) is 39.8 Å². The molecule has 1 saturated heterocycles. The largest absolute Gasteiger partial charge is 0.495 e. The molecule has 0 spiro atoms. The van der Waals surface area contributed by atoms with E-state index >= 15 is 0 Å². The fraction of sp³-hybridized carbons (Fsp3) is 0.514. The molecule has 0 saturated carbocycles. The predicted octanol–water partition coefficient (Wildman–Crippen LogP) is 5.43. The second-order valence-electron chi connectivity index (χ2n) is 13.8. The minimum atomic E-state index is -1.20. The second-order valence-corrected chi connectivity index (χ2v) is 14.2. The number of rotatable bonds is 8. The first-order chi connectivity index (χ1) is 22.7. The van der Waals surface area contributed by atoms with Crippen LogP contribution in [0.1, 0.15) is 70.3 Å². The molecule has 0 radical (unpaired) electrons. The molecule has 2 amide bonds. The zero-order chi connectivity index (χ0) is 35.2. The van der Waals surface area contributed by atoms with Crippen molar-refractivity contribution in [3.63, 3.8) is 0 Å². The Kier molecular flexibility index (Phi) is 12.3. The summed E-state index contributed by atoms with van der Waals surface area (Å²) in [4.78, 5) is 53.7. The van der Waals surface area contributed by atoms with Gasteiger partial charge in [-0.05, 0) is 62.4 Å². The van der Waals surface area contributed by atoms with Crippen LogP contribution in [0.3, 0.4) is 0 Å². The van der Waals surface area contributed by atoms with Crippen LogP contribution < -0.4 is 15.4 Å². The van der Waals surface area contributed by atoms with Gasteiger partial charge in [0.1, 0.15) is 24.0 Å². The van der Waals surface area contributed by atoms with E-state index in [0.717, 1.165) is 11.1 Å². The Morgan fingerprint density at radius 1 is 1.04 bits per heavy atom. The molecule has 0 unspecified atom stereocenters. The van der Waals surface area contributed by atoms with E-state index in [9.17, 15) is 19.2 Å². The van der Waals surface area contributed by atoms with Crippen LogP contribution in [0.15, 0.2) is 54.6 Å². The lowest BCUT2D eigenvalue weighted by molar-refractivity contribution is -0.179. The Hall–Kier alpha value is -3.89. The highest BCUT2D eigenvalue weighted by Gasteiger charge is 2.48. The van der Waals surface area contributed by atoms with Gasteiger partial charge in [-0.2, -0.15) is 0 Å². The van der Waals surface area contributed by atoms with Gasteiger partial charge >= 0.3 is 11.9 Å². The quantitative estimate of drug-likeness (QED) is 0.278. The summed E-state index contributed by atoms with van der Waals surface area (Å²) in [6.07, 6.45) is 1.33. The number of aryl methyl sites for hydroxylation is 1. The van der Waals surface area contributed by atoms with E-state index in [1.807, 2.05) is 45.9 Å². The maximum absolute atomic E-state index is 13.6. The maximum atomic E-state index is 13.6. The van der Waals surface area contributed by atoms with Crippen molar-refractivity contribution in [2.24, 2.45) is 17.3 Å². The number of benzene rings is 2. The highest BCUT2D eigenvalue weighted by molar-refractivity contribution is 6.32. The van der Waals surface area contributed by atoms with Gasteiger partial charge in [0, 0.05) is 25.3 Å². The molecule has 2 aromatic rings. The van der Waals surface area contributed by atoms with E-state index in [1.54, 1.807) is 38.1 Å². The lowest BCUT2D eigenvalue weighted by Gasteiger charge is -2.29. The molecule has 0 bridgehead atoms. The van der Waals surface area contributed by atoms with Crippen molar-refractivity contribution in [1.82, 2.24) is 10.6 Å². The van der Waals surface area contributed by atoms with Crippen LogP contribution in [0.25, 0.3) is 0 Å². The number of hydrogen-bond donors (Lipinski definition) is 2. The highest BCUT2D eigenvalue weighted by Crippen LogP contribution is 2.45. The normalized spacial score (nSPS) is 26.5. The lowest BCUT2D eigenvalue weighted by Crippen LogP contribution is -2.51. The number of carbonyl (C=O) groups is 4. The van der Waals surface area contributed by atoms with Gasteiger partial charge in [0.2, 0.25) is 11.8 Å². The van der Waals surface area contributed by atoms with E-state index < -0.39 is 47.4 Å². The molecule has 11 heteroatoms. The van der Waals surface area contributed by atoms with Gasteiger partial charge in [-0.25, -0.2) is 4.79 Å². The Bertz CT molecular complexity index is 1520. The average molecular weight is 683 g/mol. The summed E-state index contributed by atoms with van der Waals surface area (Å²) >= 11 is 6.32. The molecule has 4 rings (SSSR count). The molecule has 2 aromatic carbocycles. The molecule has 6 atom stereocenters. The van der Waals surface area contributed by atoms with Crippen molar-refractivity contribution in [3.05, 3.63) is 76.3 Å². The SMILES string of the molecule is COc1ccc(C[C@H]2NC(=O)/C=C/C[C@@H]([C@H](C)[C@@H]3O[C@@H]3c3cccc(C)c3)OC(=O)[C@H](CC(C)C)OC(=O)C(C)(C)CNC2=O)cc1Cl. The van der Waals surface area contributed by atoms with Crippen molar-refractivity contribution < 1.29 is 38.1 Å². The van der Waals surface area contributed by atoms with E-state index in [-0.39, 0.29) is 49.9 Å². The third-order valence-corrected chi connectivity index (χ3v) is 8.95. The van der Waals surface area contributed by atoms with Crippen molar-refractivity contribution >= 4 is 35.4 Å². The molecule has 2 aliphatic rings. The Morgan fingerprint density at radius 3 is 2.46 bits per heavy atom. The molecular formula is C37H47ClN2O8. The maximum Gasteiger partial charge on any atom is 0.347 e. The Balaban J connectivity index is 1.61. The number of esters is 2. The van der Waals surface area contributed by atoms with Gasteiger partial charge in [0.05, 0.1) is 23.7 Å². The summed E-state index contributed by atoms with van der Waals surface area (Å²) < 4.78 is 23.2. The highest BCUT2D eigenvalue weighted by atomic mass is 35.5. The van der Waals surface area contributed by atoms with E-state index in [1.165, 1.54) is 13.2 Å². The first-order valence-electron chi connectivity index (χ1n) is 16.4. The summed E-state index contributed by atoms with van der Waals surface area (Å²) in [7, 11) is 1.51. The minimum Gasteiger partial charge on any atom is -0.495 e. The molecule has 1 fully saturated rings. The molecule has 2 aliphatic heterocycles. The Morgan fingerprint density at radius 2 is 1.79 bits per heavy atom. The van der Waals surface area contributed by atoms with Gasteiger partial charge in [0.15, 0.2) is 6.10 Å². The summed E-state index contributed by atoms with van der Waals surface area (Å²) in [5.41, 5.74) is 1.65. The van der Waals surface area contributed by atoms with Gasteiger partial charge < -0.3 is 29.6 Å². The fourth-order valence-corrected chi connectivity index (χ4v) is 5.95. The standard InChI is InChI=1S/C37H47ClN2O8/c1-21(2)16-30-35(43)46-28(23(4)32-33(48-32)25-11-8-10-22(3)17-25)12-9-13-31(41)40-27(19-24-14-15-29(45-7)26(38)18-24)34(42)39-20-37(5,6)36(44)47-30/h8-11,13-15,17-18,21,23,27-28,30,32-33H,12,16,19-20H2,1-7H3,(H,39,42)(H,40,41)/b13-9+/t23-,27+,28-,30-,32-,33+/m0/s1. The molecule has 260 valence electrons. The van der Waals surface area contributed by atoms with Gasteiger partial charge in [-0.1, -0.05) is 74.3 Å². The van der Waals surface area contributed by atoms with Crippen LogP contribution in [-0.4, -0.2) is 61.8 Å². The number of hydrogen-bond acceptors (Lipinski definition) is 8. The van der Waals surface area contributed by atoms with Crippen LogP contribution in [0.4, 0.5) is 0 Å². The monoisotopic (exact) mass is 682 g/mol. The van der Waals surface area contributed by atoms with Gasteiger partial charge in [0.25, 0.3) is 0 Å². The topological polar surface area (TPSA) is 133 Å². The van der Waals surface area contributed by atoms with Crippen LogP contribution in [0.5, 0.6) is 5.75 Å². The van der Waals surface area contributed by atoms with Gasteiger partial charge in [-0.3, -0.25) is 14.4 Å².